The zero-order valence-corrected chi connectivity index (χ0v) is 20.4. The number of rotatable bonds is 8. The SMILES string of the molecule is Cc1cc(C(=O)Nc2cc(C(O)(CCC3CC3)c3ccccn3)ccc2F)n(-c2ccc(Cl)cn2)n1. The third-order valence-electron chi connectivity index (χ3n) is 6.39. The minimum absolute atomic E-state index is 0.0484. The minimum atomic E-state index is -1.41. The number of aliphatic hydroxyl groups is 1. The van der Waals surface area contributed by atoms with Crippen LogP contribution in [0, 0.1) is 18.7 Å². The summed E-state index contributed by atoms with van der Waals surface area (Å²) in [6.07, 6.45) is 6.66. The van der Waals surface area contributed by atoms with E-state index in [2.05, 4.69) is 20.4 Å². The Labute approximate surface area is 213 Å². The van der Waals surface area contributed by atoms with Crippen molar-refractivity contribution in [2.75, 3.05) is 5.32 Å². The van der Waals surface area contributed by atoms with Crippen LogP contribution in [0.3, 0.4) is 0 Å². The number of amides is 1. The summed E-state index contributed by atoms with van der Waals surface area (Å²) in [6.45, 7) is 1.75. The number of aryl methyl sites for hydroxylation is 1. The van der Waals surface area contributed by atoms with E-state index in [1.807, 2.05) is 6.07 Å². The number of benzene rings is 1. The topological polar surface area (TPSA) is 92.9 Å². The van der Waals surface area contributed by atoms with E-state index in [4.69, 9.17) is 11.6 Å². The summed E-state index contributed by atoms with van der Waals surface area (Å²) in [4.78, 5) is 21.8. The molecule has 1 unspecified atom stereocenters. The molecule has 36 heavy (non-hydrogen) atoms. The van der Waals surface area contributed by atoms with Crippen LogP contribution in [0.1, 0.15) is 53.1 Å². The van der Waals surface area contributed by atoms with Gasteiger partial charge in [-0.1, -0.05) is 36.6 Å². The Hall–Kier alpha value is -3.62. The fourth-order valence-electron chi connectivity index (χ4n) is 4.24. The second-order valence-corrected chi connectivity index (χ2v) is 9.56. The first-order valence-corrected chi connectivity index (χ1v) is 12.1. The maximum Gasteiger partial charge on any atom is 0.274 e. The van der Waals surface area contributed by atoms with Gasteiger partial charge in [0, 0.05) is 12.4 Å². The van der Waals surface area contributed by atoms with Gasteiger partial charge in [-0.3, -0.25) is 9.78 Å². The molecule has 1 aromatic carbocycles. The van der Waals surface area contributed by atoms with E-state index in [1.165, 1.54) is 23.0 Å². The standard InChI is InChI=1S/C27H25ClFN5O2/c1-17-14-23(34(33-17)25-10-8-20(28)16-31-25)26(35)32-22-15-19(7-9-21(22)29)27(36,12-11-18-5-6-18)24-4-2-3-13-30-24/h2-4,7-10,13-16,18,36H,5-6,11-12H2,1H3,(H,32,35). The van der Waals surface area contributed by atoms with Crippen LogP contribution in [-0.4, -0.2) is 30.8 Å². The molecule has 1 fully saturated rings. The monoisotopic (exact) mass is 505 g/mol. The molecule has 2 N–H and O–H groups in total. The highest BCUT2D eigenvalue weighted by Gasteiger charge is 2.36. The van der Waals surface area contributed by atoms with Gasteiger partial charge in [0.1, 0.15) is 17.1 Å². The Morgan fingerprint density at radius 2 is 2.03 bits per heavy atom. The zero-order chi connectivity index (χ0) is 25.3. The number of hydrogen-bond acceptors (Lipinski definition) is 5. The molecule has 1 saturated carbocycles. The van der Waals surface area contributed by atoms with E-state index in [0.29, 0.717) is 40.1 Å². The molecule has 184 valence electrons. The lowest BCUT2D eigenvalue weighted by Gasteiger charge is -2.29. The van der Waals surface area contributed by atoms with Crippen LogP contribution in [-0.2, 0) is 5.60 Å². The fraction of sp³-hybridized carbons (Fsp3) is 0.259. The molecule has 0 aliphatic heterocycles. The highest BCUT2D eigenvalue weighted by atomic mass is 35.5. The molecule has 1 aliphatic rings. The van der Waals surface area contributed by atoms with E-state index < -0.39 is 17.3 Å². The molecule has 5 rings (SSSR count). The molecule has 0 bridgehead atoms. The molecule has 0 saturated heterocycles. The van der Waals surface area contributed by atoms with Crippen molar-refractivity contribution in [2.24, 2.45) is 5.92 Å². The van der Waals surface area contributed by atoms with Crippen molar-refractivity contribution < 1.29 is 14.3 Å². The Morgan fingerprint density at radius 1 is 1.19 bits per heavy atom. The summed E-state index contributed by atoms with van der Waals surface area (Å²) in [6, 6.07) is 14.5. The first-order valence-electron chi connectivity index (χ1n) is 11.8. The fourth-order valence-corrected chi connectivity index (χ4v) is 4.35. The van der Waals surface area contributed by atoms with Crippen LogP contribution >= 0.6 is 11.6 Å². The van der Waals surface area contributed by atoms with Gasteiger partial charge in [0.05, 0.1) is 22.1 Å². The molecule has 7 nitrogen and oxygen atoms in total. The summed E-state index contributed by atoms with van der Waals surface area (Å²) in [5.41, 5.74) is 0.256. The van der Waals surface area contributed by atoms with Gasteiger partial charge in [0.15, 0.2) is 5.82 Å². The maximum absolute atomic E-state index is 14.9. The Kier molecular flexibility index (Phi) is 6.55. The summed E-state index contributed by atoms with van der Waals surface area (Å²) in [5.74, 6) is -0.200. The lowest BCUT2D eigenvalue weighted by molar-refractivity contribution is 0.0624. The molecule has 4 aromatic rings. The number of nitrogens with zero attached hydrogens (tertiary/aromatic N) is 4. The van der Waals surface area contributed by atoms with Crippen LogP contribution in [0.2, 0.25) is 5.02 Å². The van der Waals surface area contributed by atoms with Crippen molar-refractivity contribution in [3.8, 4) is 5.82 Å². The van der Waals surface area contributed by atoms with E-state index >= 15 is 0 Å². The molecule has 0 radical (unpaired) electrons. The molecule has 0 spiro atoms. The maximum atomic E-state index is 14.9. The third-order valence-corrected chi connectivity index (χ3v) is 6.61. The first-order chi connectivity index (χ1) is 17.3. The van der Waals surface area contributed by atoms with Crippen LogP contribution < -0.4 is 5.32 Å². The summed E-state index contributed by atoms with van der Waals surface area (Å²) < 4.78 is 16.2. The van der Waals surface area contributed by atoms with Gasteiger partial charge in [-0.25, -0.2) is 14.1 Å². The smallest absolute Gasteiger partial charge is 0.274 e. The van der Waals surface area contributed by atoms with Gasteiger partial charge >= 0.3 is 0 Å². The van der Waals surface area contributed by atoms with Crippen LogP contribution in [0.5, 0.6) is 0 Å². The quantitative estimate of drug-likeness (QED) is 0.332. The highest BCUT2D eigenvalue weighted by molar-refractivity contribution is 6.30. The Morgan fingerprint density at radius 3 is 2.72 bits per heavy atom. The molecule has 1 amide bonds. The van der Waals surface area contributed by atoms with E-state index in [9.17, 15) is 14.3 Å². The summed E-state index contributed by atoms with van der Waals surface area (Å²) in [5, 5.41) is 19.2. The Bertz CT molecular complexity index is 1390. The van der Waals surface area contributed by atoms with Gasteiger partial charge in [-0.2, -0.15) is 5.10 Å². The van der Waals surface area contributed by atoms with Crippen LogP contribution in [0.15, 0.2) is 67.0 Å². The molecular formula is C27H25ClFN5O2. The lowest BCUT2D eigenvalue weighted by atomic mass is 9.84. The number of hydrogen-bond donors (Lipinski definition) is 2. The van der Waals surface area contributed by atoms with E-state index in [0.717, 1.165) is 19.3 Å². The van der Waals surface area contributed by atoms with E-state index in [-0.39, 0.29) is 11.4 Å². The van der Waals surface area contributed by atoms with Gasteiger partial charge in [0.25, 0.3) is 5.91 Å². The molecule has 3 aromatic heterocycles. The normalized spacial score (nSPS) is 14.9. The van der Waals surface area contributed by atoms with Crippen molar-refractivity contribution in [3.05, 3.63) is 100 Å². The summed E-state index contributed by atoms with van der Waals surface area (Å²) in [7, 11) is 0. The number of aromatic nitrogens is 4. The van der Waals surface area contributed by atoms with Gasteiger partial charge in [0.2, 0.25) is 0 Å². The number of nitrogens with one attached hydrogen (secondary N) is 1. The van der Waals surface area contributed by atoms with Crippen molar-refractivity contribution in [1.82, 2.24) is 19.7 Å². The van der Waals surface area contributed by atoms with Crippen molar-refractivity contribution >= 4 is 23.2 Å². The zero-order valence-electron chi connectivity index (χ0n) is 19.7. The third kappa shape index (κ3) is 5.01. The molecular weight excluding hydrogens is 481 g/mol. The van der Waals surface area contributed by atoms with Crippen molar-refractivity contribution in [3.63, 3.8) is 0 Å². The van der Waals surface area contributed by atoms with Crippen molar-refractivity contribution in [2.45, 2.75) is 38.2 Å². The summed E-state index contributed by atoms with van der Waals surface area (Å²) >= 11 is 5.93. The van der Waals surface area contributed by atoms with Crippen LogP contribution in [0.4, 0.5) is 10.1 Å². The molecule has 9 heteroatoms. The van der Waals surface area contributed by atoms with Crippen molar-refractivity contribution in [1.29, 1.82) is 0 Å². The van der Waals surface area contributed by atoms with Gasteiger partial charge in [-0.15, -0.1) is 0 Å². The predicted molar refractivity (Wildman–Crippen MR) is 135 cm³/mol. The average molecular weight is 506 g/mol. The molecule has 3 heterocycles. The number of halogens is 2. The van der Waals surface area contributed by atoms with Gasteiger partial charge in [-0.05, 0) is 73.7 Å². The second-order valence-electron chi connectivity index (χ2n) is 9.12. The lowest BCUT2D eigenvalue weighted by Crippen LogP contribution is -2.29. The first kappa shape index (κ1) is 24.1. The predicted octanol–water partition coefficient (Wildman–Crippen LogP) is 5.44. The van der Waals surface area contributed by atoms with Gasteiger partial charge < -0.3 is 10.4 Å². The average Bonchev–Trinajstić information content (AvgIpc) is 3.64. The minimum Gasteiger partial charge on any atom is -0.379 e. The van der Waals surface area contributed by atoms with Crippen LogP contribution in [0.25, 0.3) is 5.82 Å². The highest BCUT2D eigenvalue weighted by Crippen LogP contribution is 2.41. The molecule has 1 aliphatic carbocycles. The number of carbonyl (C=O) groups excluding carboxylic acids is 1. The number of anilines is 1. The Balaban J connectivity index is 1.47. The molecule has 1 atom stereocenters. The second kappa shape index (κ2) is 9.79. The largest absolute Gasteiger partial charge is 0.379 e. The van der Waals surface area contributed by atoms with E-state index in [1.54, 1.807) is 49.5 Å². The number of pyridine rings is 2. The number of carbonyl (C=O) groups is 1.